The van der Waals surface area contributed by atoms with Crippen molar-refractivity contribution in [3.8, 4) is 0 Å². The lowest BCUT2D eigenvalue weighted by Crippen LogP contribution is -2.52. The Balaban J connectivity index is 1.94. The highest BCUT2D eigenvalue weighted by atomic mass is 16.5. The average molecular weight is 271 g/mol. The van der Waals surface area contributed by atoms with Gasteiger partial charge in [-0.15, -0.1) is 0 Å². The Morgan fingerprint density at radius 2 is 1.84 bits per heavy atom. The van der Waals surface area contributed by atoms with E-state index in [0.717, 1.165) is 38.4 Å². The average Bonchev–Trinajstić information content (AvgIpc) is 2.41. The fourth-order valence-corrected chi connectivity index (χ4v) is 3.59. The molecule has 19 heavy (non-hydrogen) atoms. The fourth-order valence-electron chi connectivity index (χ4n) is 3.59. The molecule has 1 saturated heterocycles. The highest BCUT2D eigenvalue weighted by Gasteiger charge is 2.37. The quantitative estimate of drug-likeness (QED) is 0.808. The second-order valence-electron chi connectivity index (χ2n) is 6.79. The van der Waals surface area contributed by atoms with Crippen molar-refractivity contribution in [2.24, 2.45) is 11.3 Å². The minimum absolute atomic E-state index is 0.0676. The number of nitrogens with zero attached hydrogens (tertiary/aromatic N) is 1. The molecule has 0 amide bonds. The van der Waals surface area contributed by atoms with E-state index in [1.54, 1.807) is 0 Å². The van der Waals surface area contributed by atoms with E-state index in [1.165, 1.54) is 12.8 Å². The summed E-state index contributed by atoms with van der Waals surface area (Å²) in [6.07, 6.45) is 4.81. The van der Waals surface area contributed by atoms with Gasteiger partial charge in [-0.1, -0.05) is 19.8 Å². The third kappa shape index (κ3) is 3.91. The normalized spacial score (nSPS) is 41.4. The summed E-state index contributed by atoms with van der Waals surface area (Å²) in [6.45, 7) is 7.38. The first-order valence-electron chi connectivity index (χ1n) is 7.66. The van der Waals surface area contributed by atoms with E-state index in [1.807, 2.05) is 0 Å². The van der Waals surface area contributed by atoms with Crippen LogP contribution >= 0.6 is 0 Å². The standard InChI is InChI=1S/C15H29NO3/c1-12-3-5-15(11-18,6-4-12)10-16-7-13(2)19-14(8-16)9-17/h12-14,17-18H,3-11H2,1-2H3. The van der Waals surface area contributed by atoms with Gasteiger partial charge in [0.1, 0.15) is 0 Å². The zero-order valence-electron chi connectivity index (χ0n) is 12.3. The Morgan fingerprint density at radius 1 is 1.16 bits per heavy atom. The lowest BCUT2D eigenvalue weighted by molar-refractivity contribution is -0.109. The van der Waals surface area contributed by atoms with E-state index in [0.29, 0.717) is 0 Å². The molecule has 4 heteroatoms. The van der Waals surface area contributed by atoms with E-state index in [2.05, 4.69) is 18.7 Å². The molecule has 2 fully saturated rings. The molecule has 0 aromatic heterocycles. The molecule has 112 valence electrons. The van der Waals surface area contributed by atoms with Crippen molar-refractivity contribution in [3.63, 3.8) is 0 Å². The van der Waals surface area contributed by atoms with Crippen molar-refractivity contribution in [3.05, 3.63) is 0 Å². The summed E-state index contributed by atoms with van der Waals surface area (Å²) in [5, 5.41) is 19.1. The number of rotatable bonds is 4. The van der Waals surface area contributed by atoms with E-state index in [-0.39, 0.29) is 30.8 Å². The van der Waals surface area contributed by atoms with E-state index in [4.69, 9.17) is 4.74 Å². The van der Waals surface area contributed by atoms with Gasteiger partial charge in [-0.05, 0) is 25.7 Å². The second-order valence-corrected chi connectivity index (χ2v) is 6.79. The van der Waals surface area contributed by atoms with Gasteiger partial charge in [-0.25, -0.2) is 0 Å². The van der Waals surface area contributed by atoms with Gasteiger partial charge in [0.25, 0.3) is 0 Å². The summed E-state index contributed by atoms with van der Waals surface area (Å²) in [4.78, 5) is 2.38. The topological polar surface area (TPSA) is 52.9 Å². The number of ether oxygens (including phenoxy) is 1. The molecule has 1 saturated carbocycles. The largest absolute Gasteiger partial charge is 0.396 e. The zero-order chi connectivity index (χ0) is 13.9. The van der Waals surface area contributed by atoms with Crippen LogP contribution in [0.3, 0.4) is 0 Å². The van der Waals surface area contributed by atoms with Crippen molar-refractivity contribution >= 4 is 0 Å². The number of aliphatic hydroxyl groups excluding tert-OH is 2. The van der Waals surface area contributed by atoms with Gasteiger partial charge in [0.2, 0.25) is 0 Å². The van der Waals surface area contributed by atoms with Gasteiger partial charge in [-0.2, -0.15) is 0 Å². The first kappa shape index (κ1) is 15.2. The van der Waals surface area contributed by atoms with Crippen molar-refractivity contribution in [2.75, 3.05) is 32.8 Å². The monoisotopic (exact) mass is 271 g/mol. The molecule has 0 spiro atoms. The highest BCUT2D eigenvalue weighted by molar-refractivity contribution is 4.89. The molecule has 2 N–H and O–H groups in total. The van der Waals surface area contributed by atoms with Gasteiger partial charge in [0, 0.05) is 31.7 Å². The predicted molar refractivity (Wildman–Crippen MR) is 75.0 cm³/mol. The molecule has 0 bridgehead atoms. The van der Waals surface area contributed by atoms with Crippen LogP contribution < -0.4 is 0 Å². The molecule has 0 aromatic carbocycles. The van der Waals surface area contributed by atoms with Crippen LogP contribution in [-0.4, -0.2) is 60.2 Å². The lowest BCUT2D eigenvalue weighted by Gasteiger charge is -2.44. The second kappa shape index (κ2) is 6.53. The van der Waals surface area contributed by atoms with Crippen LogP contribution in [0.25, 0.3) is 0 Å². The molecule has 4 nitrogen and oxygen atoms in total. The SMILES string of the molecule is CC1CCC(CO)(CN2CC(C)OC(CO)C2)CC1. The zero-order valence-corrected chi connectivity index (χ0v) is 12.3. The van der Waals surface area contributed by atoms with Crippen LogP contribution in [0.15, 0.2) is 0 Å². The molecule has 1 aliphatic heterocycles. The van der Waals surface area contributed by atoms with Gasteiger partial charge in [0.05, 0.1) is 18.8 Å². The molecule has 2 unspecified atom stereocenters. The van der Waals surface area contributed by atoms with Crippen molar-refractivity contribution in [2.45, 2.75) is 51.7 Å². The Bertz CT molecular complexity index is 277. The maximum Gasteiger partial charge on any atom is 0.0936 e. The minimum Gasteiger partial charge on any atom is -0.396 e. The maximum atomic E-state index is 9.84. The van der Waals surface area contributed by atoms with Gasteiger partial charge in [0.15, 0.2) is 0 Å². The Labute approximate surface area is 116 Å². The number of aliphatic hydroxyl groups is 2. The van der Waals surface area contributed by atoms with Crippen molar-refractivity contribution < 1.29 is 14.9 Å². The Morgan fingerprint density at radius 3 is 2.42 bits per heavy atom. The lowest BCUT2D eigenvalue weighted by atomic mass is 9.71. The molecular weight excluding hydrogens is 242 g/mol. The predicted octanol–water partition coefficient (Wildman–Crippen LogP) is 1.26. The Hall–Kier alpha value is -0.160. The van der Waals surface area contributed by atoms with Crippen LogP contribution in [0.1, 0.15) is 39.5 Å². The summed E-state index contributed by atoms with van der Waals surface area (Å²) in [5.74, 6) is 0.800. The molecule has 0 aromatic rings. The fraction of sp³-hybridized carbons (Fsp3) is 1.00. The summed E-state index contributed by atoms with van der Waals surface area (Å²) in [7, 11) is 0. The molecule has 2 rings (SSSR count). The van der Waals surface area contributed by atoms with E-state index < -0.39 is 0 Å². The molecule has 1 heterocycles. The van der Waals surface area contributed by atoms with Crippen molar-refractivity contribution in [1.29, 1.82) is 0 Å². The molecule has 2 atom stereocenters. The number of hydrogen-bond acceptors (Lipinski definition) is 4. The summed E-state index contributed by atoms with van der Waals surface area (Å²) >= 11 is 0. The van der Waals surface area contributed by atoms with E-state index >= 15 is 0 Å². The first-order valence-corrected chi connectivity index (χ1v) is 7.66. The third-order valence-corrected chi connectivity index (χ3v) is 4.83. The molecular formula is C15H29NO3. The van der Waals surface area contributed by atoms with Gasteiger partial charge in [-0.3, -0.25) is 4.90 Å². The van der Waals surface area contributed by atoms with Crippen molar-refractivity contribution in [1.82, 2.24) is 4.90 Å². The third-order valence-electron chi connectivity index (χ3n) is 4.83. The summed E-state index contributed by atoms with van der Waals surface area (Å²) in [5.41, 5.74) is 0.0730. The van der Waals surface area contributed by atoms with Gasteiger partial charge >= 0.3 is 0 Å². The van der Waals surface area contributed by atoms with E-state index in [9.17, 15) is 10.2 Å². The van der Waals surface area contributed by atoms with Crippen LogP contribution in [-0.2, 0) is 4.74 Å². The molecule has 1 aliphatic carbocycles. The maximum absolute atomic E-state index is 9.84. The number of morpholine rings is 1. The smallest absolute Gasteiger partial charge is 0.0936 e. The molecule has 2 aliphatic rings. The minimum atomic E-state index is -0.0676. The Kier molecular flexibility index (Phi) is 5.23. The summed E-state index contributed by atoms with van der Waals surface area (Å²) < 4.78 is 5.68. The van der Waals surface area contributed by atoms with Crippen LogP contribution in [0.5, 0.6) is 0 Å². The van der Waals surface area contributed by atoms with Crippen LogP contribution in [0, 0.1) is 11.3 Å². The number of hydrogen-bond donors (Lipinski definition) is 2. The highest BCUT2D eigenvalue weighted by Crippen LogP contribution is 2.39. The summed E-state index contributed by atoms with van der Waals surface area (Å²) in [6, 6.07) is 0. The van der Waals surface area contributed by atoms with Crippen LogP contribution in [0.2, 0.25) is 0 Å². The molecule has 0 radical (unpaired) electrons. The first-order chi connectivity index (χ1) is 9.07. The van der Waals surface area contributed by atoms with Crippen LogP contribution in [0.4, 0.5) is 0 Å². The van der Waals surface area contributed by atoms with Gasteiger partial charge < -0.3 is 14.9 Å².